The molecular formula is C24H26N2O3. The zero-order valence-electron chi connectivity index (χ0n) is 17.3. The number of aryl methyl sites for hydroxylation is 1. The molecule has 5 nitrogen and oxygen atoms in total. The van der Waals surface area contributed by atoms with E-state index < -0.39 is 5.97 Å². The fourth-order valence-electron chi connectivity index (χ4n) is 3.55. The molecule has 1 heterocycles. The van der Waals surface area contributed by atoms with E-state index in [0.717, 1.165) is 22.5 Å². The Morgan fingerprint density at radius 2 is 1.62 bits per heavy atom. The Labute approximate surface area is 171 Å². The van der Waals surface area contributed by atoms with Gasteiger partial charge in [-0.05, 0) is 50.5 Å². The summed E-state index contributed by atoms with van der Waals surface area (Å²) in [6, 6.07) is 17.5. The van der Waals surface area contributed by atoms with Crippen molar-refractivity contribution in [3.05, 3.63) is 88.2 Å². The first-order valence-electron chi connectivity index (χ1n) is 9.71. The predicted molar refractivity (Wildman–Crippen MR) is 115 cm³/mol. The number of nitrogens with zero attached hydrogens (tertiary/aromatic N) is 1. The Morgan fingerprint density at radius 1 is 0.966 bits per heavy atom. The molecule has 1 aromatic heterocycles. The molecule has 5 heteroatoms. The molecule has 0 fully saturated rings. The molecule has 0 saturated carbocycles. The maximum Gasteiger partial charge on any atom is 0.355 e. The van der Waals surface area contributed by atoms with Crippen molar-refractivity contribution in [2.45, 2.75) is 34.2 Å². The molecule has 150 valence electrons. The SMILES string of the molecule is CCOC(=O)c1c(C)c(C(=O)Nc2ccccc2C)c(C)n1Cc1ccccc1. The lowest BCUT2D eigenvalue weighted by Gasteiger charge is -2.12. The molecule has 3 rings (SSSR count). The number of nitrogens with one attached hydrogen (secondary N) is 1. The van der Waals surface area contributed by atoms with E-state index in [1.807, 2.05) is 73.0 Å². The van der Waals surface area contributed by atoms with E-state index >= 15 is 0 Å². The molecule has 0 unspecified atom stereocenters. The van der Waals surface area contributed by atoms with Gasteiger partial charge in [0.2, 0.25) is 0 Å². The summed E-state index contributed by atoms with van der Waals surface area (Å²) in [5.74, 6) is -0.648. The van der Waals surface area contributed by atoms with E-state index in [-0.39, 0.29) is 12.5 Å². The summed E-state index contributed by atoms with van der Waals surface area (Å²) < 4.78 is 7.15. The second-order valence-corrected chi connectivity index (χ2v) is 7.00. The van der Waals surface area contributed by atoms with Crippen molar-refractivity contribution in [2.75, 3.05) is 11.9 Å². The molecular weight excluding hydrogens is 364 g/mol. The summed E-state index contributed by atoms with van der Waals surface area (Å²) in [4.78, 5) is 25.8. The Bertz CT molecular complexity index is 1040. The highest BCUT2D eigenvalue weighted by molar-refractivity contribution is 6.08. The van der Waals surface area contributed by atoms with Crippen molar-refractivity contribution in [3.8, 4) is 0 Å². The molecule has 0 atom stereocenters. The van der Waals surface area contributed by atoms with Crippen molar-refractivity contribution in [3.63, 3.8) is 0 Å². The van der Waals surface area contributed by atoms with E-state index in [9.17, 15) is 9.59 Å². The second-order valence-electron chi connectivity index (χ2n) is 7.00. The lowest BCUT2D eigenvalue weighted by molar-refractivity contribution is 0.0513. The van der Waals surface area contributed by atoms with Crippen molar-refractivity contribution in [2.24, 2.45) is 0 Å². The number of carbonyl (C=O) groups excluding carboxylic acids is 2. The highest BCUT2D eigenvalue weighted by atomic mass is 16.5. The van der Waals surface area contributed by atoms with Gasteiger partial charge in [0, 0.05) is 17.9 Å². The second kappa shape index (κ2) is 8.78. The van der Waals surface area contributed by atoms with Crippen molar-refractivity contribution in [1.82, 2.24) is 4.57 Å². The van der Waals surface area contributed by atoms with Gasteiger partial charge >= 0.3 is 5.97 Å². The molecule has 0 aliphatic rings. The average Bonchev–Trinajstić information content (AvgIpc) is 2.94. The lowest BCUT2D eigenvalue weighted by atomic mass is 10.1. The normalized spacial score (nSPS) is 10.6. The van der Waals surface area contributed by atoms with Crippen LogP contribution in [0.2, 0.25) is 0 Å². The van der Waals surface area contributed by atoms with E-state index in [2.05, 4.69) is 5.32 Å². The molecule has 3 aromatic rings. The van der Waals surface area contributed by atoms with Gasteiger partial charge in [-0.15, -0.1) is 0 Å². The number of ether oxygens (including phenoxy) is 1. The van der Waals surface area contributed by atoms with Gasteiger partial charge in [-0.1, -0.05) is 48.5 Å². The first-order valence-corrected chi connectivity index (χ1v) is 9.71. The number of esters is 1. The summed E-state index contributed by atoms with van der Waals surface area (Å²) in [5, 5.41) is 2.98. The fraction of sp³-hybridized carbons (Fsp3) is 0.250. The minimum Gasteiger partial charge on any atom is -0.461 e. The molecule has 1 amide bonds. The monoisotopic (exact) mass is 390 g/mol. The summed E-state index contributed by atoms with van der Waals surface area (Å²) >= 11 is 0. The molecule has 0 radical (unpaired) electrons. The molecule has 0 spiro atoms. The predicted octanol–water partition coefficient (Wildman–Crippen LogP) is 4.89. The number of hydrogen-bond acceptors (Lipinski definition) is 3. The molecule has 0 saturated heterocycles. The number of para-hydroxylation sites is 1. The maximum absolute atomic E-state index is 13.1. The van der Waals surface area contributed by atoms with Crippen LogP contribution in [0.4, 0.5) is 5.69 Å². The molecule has 0 bridgehead atoms. The summed E-state index contributed by atoms with van der Waals surface area (Å²) in [7, 11) is 0. The van der Waals surface area contributed by atoms with Crippen molar-refractivity contribution < 1.29 is 14.3 Å². The molecule has 29 heavy (non-hydrogen) atoms. The number of rotatable bonds is 6. The Kier molecular flexibility index (Phi) is 6.17. The lowest BCUT2D eigenvalue weighted by Crippen LogP contribution is -2.15. The summed E-state index contributed by atoms with van der Waals surface area (Å²) in [6.45, 7) is 8.15. The summed E-state index contributed by atoms with van der Waals surface area (Å²) in [5.41, 5.74) is 5.07. The van der Waals surface area contributed by atoms with Crippen molar-refractivity contribution in [1.29, 1.82) is 0 Å². The Hall–Kier alpha value is -3.34. The van der Waals surface area contributed by atoms with Gasteiger partial charge in [0.1, 0.15) is 5.69 Å². The smallest absolute Gasteiger partial charge is 0.355 e. The first-order chi connectivity index (χ1) is 13.9. The van der Waals surface area contributed by atoms with E-state index in [1.54, 1.807) is 13.8 Å². The first kappa shape index (κ1) is 20.4. The minimum absolute atomic E-state index is 0.230. The Morgan fingerprint density at radius 3 is 2.28 bits per heavy atom. The molecule has 0 aliphatic heterocycles. The number of hydrogen-bond donors (Lipinski definition) is 1. The van der Waals surface area contributed by atoms with Crippen LogP contribution in [0.3, 0.4) is 0 Å². The van der Waals surface area contributed by atoms with Gasteiger partial charge in [-0.3, -0.25) is 4.79 Å². The summed E-state index contributed by atoms with van der Waals surface area (Å²) in [6.07, 6.45) is 0. The largest absolute Gasteiger partial charge is 0.461 e. The van der Waals surface area contributed by atoms with Crippen LogP contribution in [0.15, 0.2) is 54.6 Å². The minimum atomic E-state index is -0.418. The van der Waals surface area contributed by atoms with Crippen LogP contribution in [0.5, 0.6) is 0 Å². The number of aromatic nitrogens is 1. The Balaban J connectivity index is 2.05. The van der Waals surface area contributed by atoms with Crippen LogP contribution < -0.4 is 5.32 Å². The number of carbonyl (C=O) groups is 2. The van der Waals surface area contributed by atoms with Crippen LogP contribution in [-0.2, 0) is 11.3 Å². The van der Waals surface area contributed by atoms with Crippen LogP contribution in [0, 0.1) is 20.8 Å². The zero-order valence-corrected chi connectivity index (χ0v) is 17.3. The van der Waals surface area contributed by atoms with E-state index in [4.69, 9.17) is 4.74 Å². The van der Waals surface area contributed by atoms with Gasteiger partial charge in [-0.2, -0.15) is 0 Å². The molecule has 2 aromatic carbocycles. The van der Waals surface area contributed by atoms with Gasteiger partial charge in [-0.25, -0.2) is 4.79 Å². The van der Waals surface area contributed by atoms with Gasteiger partial charge in [0.25, 0.3) is 5.91 Å². The van der Waals surface area contributed by atoms with Gasteiger partial charge in [0.15, 0.2) is 0 Å². The van der Waals surface area contributed by atoms with Crippen LogP contribution >= 0.6 is 0 Å². The zero-order chi connectivity index (χ0) is 21.0. The topological polar surface area (TPSA) is 60.3 Å². The van der Waals surface area contributed by atoms with Crippen LogP contribution in [-0.4, -0.2) is 23.1 Å². The van der Waals surface area contributed by atoms with Crippen LogP contribution in [0.1, 0.15) is 50.2 Å². The highest BCUT2D eigenvalue weighted by Crippen LogP contribution is 2.26. The average molecular weight is 390 g/mol. The number of amides is 1. The van der Waals surface area contributed by atoms with Gasteiger partial charge in [0.05, 0.1) is 12.2 Å². The molecule has 1 N–H and O–H groups in total. The third kappa shape index (κ3) is 4.24. The highest BCUT2D eigenvalue weighted by Gasteiger charge is 2.27. The van der Waals surface area contributed by atoms with Gasteiger partial charge < -0.3 is 14.6 Å². The third-order valence-electron chi connectivity index (χ3n) is 5.04. The number of benzene rings is 2. The third-order valence-corrected chi connectivity index (χ3v) is 5.04. The fourth-order valence-corrected chi connectivity index (χ4v) is 3.55. The quantitative estimate of drug-likeness (QED) is 0.610. The maximum atomic E-state index is 13.1. The number of anilines is 1. The standard InChI is InChI=1S/C24H26N2O3/c1-5-29-24(28)22-17(3)21(23(27)25-20-14-10-9-11-16(20)2)18(4)26(22)15-19-12-7-6-8-13-19/h6-14H,5,15H2,1-4H3,(H,25,27). The molecule has 0 aliphatic carbocycles. The van der Waals surface area contributed by atoms with E-state index in [0.29, 0.717) is 23.4 Å². The van der Waals surface area contributed by atoms with Crippen LogP contribution in [0.25, 0.3) is 0 Å². The van der Waals surface area contributed by atoms with Crippen molar-refractivity contribution >= 4 is 17.6 Å². The van der Waals surface area contributed by atoms with E-state index in [1.165, 1.54) is 0 Å².